The van der Waals surface area contributed by atoms with Crippen LogP contribution in [0.2, 0.25) is 0 Å². The largest absolute Gasteiger partial charge is 0.337 e. The van der Waals surface area contributed by atoms with Gasteiger partial charge in [0.15, 0.2) is 0 Å². The van der Waals surface area contributed by atoms with Crippen LogP contribution in [0.5, 0.6) is 0 Å². The number of carbonyl (C=O) groups excluding carboxylic acids is 1. The first-order valence-electron chi connectivity index (χ1n) is 4.92. The molecule has 0 aromatic carbocycles. The third-order valence-corrected chi connectivity index (χ3v) is 4.18. The Kier molecular flexibility index (Phi) is 3.70. The van der Waals surface area contributed by atoms with Gasteiger partial charge in [-0.1, -0.05) is 0 Å². The summed E-state index contributed by atoms with van der Waals surface area (Å²) in [5.74, 6) is 1.13. The first kappa shape index (κ1) is 11.7. The Morgan fingerprint density at radius 2 is 2.06 bits per heavy atom. The van der Waals surface area contributed by atoms with Gasteiger partial charge in [-0.05, 0) is 28.1 Å². The minimum Gasteiger partial charge on any atom is -0.337 e. The van der Waals surface area contributed by atoms with Gasteiger partial charge in [0, 0.05) is 41.6 Å². The van der Waals surface area contributed by atoms with Crippen molar-refractivity contribution >= 4 is 32.6 Å². The molecule has 2 heterocycles. The predicted molar refractivity (Wildman–Crippen MR) is 65.7 cm³/mol. The highest BCUT2D eigenvalue weighted by molar-refractivity contribution is 9.10. The van der Waals surface area contributed by atoms with Gasteiger partial charge in [0.25, 0.3) is 5.91 Å². The average molecular weight is 303 g/mol. The van der Waals surface area contributed by atoms with Crippen LogP contribution in [0.3, 0.4) is 0 Å². The van der Waals surface area contributed by atoms with E-state index >= 15 is 0 Å². The molecule has 1 aliphatic rings. The number of hydrogen-bond acceptors (Lipinski definition) is 3. The Bertz CT molecular complexity index is 411. The van der Waals surface area contributed by atoms with Crippen LogP contribution in [0.25, 0.3) is 0 Å². The molecule has 1 fully saturated rings. The fourth-order valence-electron chi connectivity index (χ4n) is 1.53. The van der Waals surface area contributed by atoms with Crippen LogP contribution in [0.4, 0.5) is 0 Å². The second kappa shape index (κ2) is 5.05. The van der Waals surface area contributed by atoms with Gasteiger partial charge in [0.05, 0.1) is 5.56 Å². The lowest BCUT2D eigenvalue weighted by molar-refractivity contribution is 0.0771. The number of aromatic nitrogens is 1. The molecule has 1 saturated heterocycles. The van der Waals surface area contributed by atoms with Crippen LogP contribution in [0, 0.1) is 0 Å². The summed E-state index contributed by atoms with van der Waals surface area (Å²) in [5.41, 5.74) is 0.580. The van der Waals surface area contributed by atoms with Crippen molar-refractivity contribution in [3.05, 3.63) is 28.5 Å². The Hall–Kier alpha value is -0.750. The van der Waals surface area contributed by atoms with Crippen LogP contribution in [-0.4, -0.2) is 44.6 Å². The molecule has 16 heavy (non-hydrogen) atoms. The van der Waals surface area contributed by atoms with Crippen molar-refractivity contribution in [2.45, 2.75) is 0 Å². The smallest absolute Gasteiger partial charge is 0.255 e. The summed E-state index contributed by atoms with van der Waals surface area (Å²) >= 11 is 3.22. The molecule has 4 nitrogen and oxygen atoms in total. The van der Waals surface area contributed by atoms with Gasteiger partial charge in [-0.3, -0.25) is 9.00 Å². The molecule has 0 bridgehead atoms. The highest BCUT2D eigenvalue weighted by Crippen LogP contribution is 2.10. The van der Waals surface area contributed by atoms with Crippen molar-refractivity contribution in [3.8, 4) is 0 Å². The fourth-order valence-corrected chi connectivity index (χ4v) is 2.81. The zero-order chi connectivity index (χ0) is 11.5. The van der Waals surface area contributed by atoms with E-state index in [1.54, 1.807) is 23.2 Å². The SMILES string of the molecule is O=C(c1ccc(Br)nc1)N1CCS(=O)CC1. The molecule has 0 unspecified atom stereocenters. The molecule has 0 radical (unpaired) electrons. The molecule has 1 amide bonds. The Morgan fingerprint density at radius 3 is 2.62 bits per heavy atom. The van der Waals surface area contributed by atoms with Crippen molar-refractivity contribution < 1.29 is 9.00 Å². The molecule has 2 rings (SSSR count). The fraction of sp³-hybridized carbons (Fsp3) is 0.400. The second-order valence-corrected chi connectivity index (χ2v) is 6.02. The molecule has 86 valence electrons. The van der Waals surface area contributed by atoms with E-state index < -0.39 is 10.8 Å². The molecule has 1 aliphatic heterocycles. The summed E-state index contributed by atoms with van der Waals surface area (Å²) in [6.45, 7) is 1.14. The normalized spacial score (nSPS) is 17.4. The monoisotopic (exact) mass is 302 g/mol. The highest BCUT2D eigenvalue weighted by Gasteiger charge is 2.21. The van der Waals surface area contributed by atoms with E-state index in [0.717, 1.165) is 0 Å². The van der Waals surface area contributed by atoms with Crippen molar-refractivity contribution in [2.24, 2.45) is 0 Å². The van der Waals surface area contributed by atoms with Crippen LogP contribution in [0.1, 0.15) is 10.4 Å². The quantitative estimate of drug-likeness (QED) is 0.729. The maximum atomic E-state index is 12.0. The third-order valence-electron chi connectivity index (χ3n) is 2.44. The number of nitrogens with zero attached hydrogens (tertiary/aromatic N) is 2. The molecule has 1 aromatic rings. The molecule has 0 aliphatic carbocycles. The minimum atomic E-state index is -0.755. The summed E-state index contributed by atoms with van der Waals surface area (Å²) in [6, 6.07) is 3.49. The summed E-state index contributed by atoms with van der Waals surface area (Å²) < 4.78 is 11.9. The van der Waals surface area contributed by atoms with E-state index in [4.69, 9.17) is 0 Å². The van der Waals surface area contributed by atoms with Crippen molar-refractivity contribution in [1.82, 2.24) is 9.88 Å². The Morgan fingerprint density at radius 1 is 1.38 bits per heavy atom. The van der Waals surface area contributed by atoms with Crippen LogP contribution >= 0.6 is 15.9 Å². The summed E-state index contributed by atoms with van der Waals surface area (Å²) in [7, 11) is -0.755. The summed E-state index contributed by atoms with van der Waals surface area (Å²) in [5, 5.41) is 0. The van der Waals surface area contributed by atoms with Gasteiger partial charge in [0.2, 0.25) is 0 Å². The zero-order valence-electron chi connectivity index (χ0n) is 8.56. The van der Waals surface area contributed by atoms with E-state index in [1.165, 1.54) is 0 Å². The van der Waals surface area contributed by atoms with Crippen LogP contribution < -0.4 is 0 Å². The summed E-state index contributed by atoms with van der Waals surface area (Å²) in [4.78, 5) is 17.7. The lowest BCUT2D eigenvalue weighted by atomic mass is 10.2. The second-order valence-electron chi connectivity index (χ2n) is 3.51. The highest BCUT2D eigenvalue weighted by atomic mass is 79.9. The molecule has 0 N–H and O–H groups in total. The summed E-state index contributed by atoms with van der Waals surface area (Å²) in [6.07, 6.45) is 1.55. The van der Waals surface area contributed by atoms with Gasteiger partial charge in [-0.15, -0.1) is 0 Å². The van der Waals surface area contributed by atoms with Gasteiger partial charge >= 0.3 is 0 Å². The molecule has 6 heteroatoms. The van der Waals surface area contributed by atoms with Crippen LogP contribution in [-0.2, 0) is 10.8 Å². The molecule has 0 spiro atoms. The van der Waals surface area contributed by atoms with Gasteiger partial charge in [0.1, 0.15) is 4.60 Å². The predicted octanol–water partition coefficient (Wildman–Crippen LogP) is 1.05. The Balaban J connectivity index is 2.07. The maximum Gasteiger partial charge on any atom is 0.255 e. The molecular weight excluding hydrogens is 292 g/mol. The van der Waals surface area contributed by atoms with Crippen molar-refractivity contribution in [2.75, 3.05) is 24.6 Å². The topological polar surface area (TPSA) is 50.3 Å². The van der Waals surface area contributed by atoms with Crippen molar-refractivity contribution in [3.63, 3.8) is 0 Å². The van der Waals surface area contributed by atoms with E-state index in [1.807, 2.05) is 0 Å². The minimum absolute atomic E-state index is 0.0308. The molecule has 0 saturated carbocycles. The zero-order valence-corrected chi connectivity index (χ0v) is 11.0. The van der Waals surface area contributed by atoms with Gasteiger partial charge in [-0.2, -0.15) is 0 Å². The standard InChI is InChI=1S/C10H11BrN2O2S/c11-9-2-1-8(7-12-9)10(14)13-3-5-16(15)6-4-13/h1-2,7H,3-6H2. The maximum absolute atomic E-state index is 12.0. The van der Waals surface area contributed by atoms with Crippen LogP contribution in [0.15, 0.2) is 22.9 Å². The first-order chi connectivity index (χ1) is 7.66. The number of pyridine rings is 1. The van der Waals surface area contributed by atoms with E-state index in [9.17, 15) is 9.00 Å². The molecule has 0 atom stereocenters. The number of carbonyl (C=O) groups is 1. The van der Waals surface area contributed by atoms with E-state index in [-0.39, 0.29) is 5.91 Å². The number of rotatable bonds is 1. The van der Waals surface area contributed by atoms with E-state index in [2.05, 4.69) is 20.9 Å². The Labute approximate surface area is 105 Å². The lowest BCUT2D eigenvalue weighted by Crippen LogP contribution is -2.41. The third kappa shape index (κ3) is 2.68. The number of hydrogen-bond donors (Lipinski definition) is 0. The molecular formula is C10H11BrN2O2S. The number of amides is 1. The van der Waals surface area contributed by atoms with E-state index in [0.29, 0.717) is 34.8 Å². The first-order valence-corrected chi connectivity index (χ1v) is 7.21. The van der Waals surface area contributed by atoms with Crippen molar-refractivity contribution in [1.29, 1.82) is 0 Å². The average Bonchev–Trinajstić information content (AvgIpc) is 2.30. The van der Waals surface area contributed by atoms with Gasteiger partial charge in [-0.25, -0.2) is 4.98 Å². The number of halogens is 1. The van der Waals surface area contributed by atoms with Gasteiger partial charge < -0.3 is 4.90 Å². The lowest BCUT2D eigenvalue weighted by Gasteiger charge is -2.26. The molecule has 1 aromatic heterocycles.